The van der Waals surface area contributed by atoms with E-state index < -0.39 is 0 Å². The largest absolute Gasteiger partial charge is 0.356 e. The average Bonchev–Trinajstić information content (AvgIpc) is 2.47. The minimum Gasteiger partial charge on any atom is -0.356 e. The van der Waals surface area contributed by atoms with Gasteiger partial charge in [0.2, 0.25) is 5.91 Å². The molecule has 0 heterocycles. The molecule has 2 N–H and O–H groups in total. The lowest BCUT2D eigenvalue weighted by atomic mass is 10.0. The van der Waals surface area contributed by atoms with E-state index in [1.165, 1.54) is 6.07 Å². The van der Waals surface area contributed by atoms with Crippen molar-refractivity contribution in [3.63, 3.8) is 0 Å². The summed E-state index contributed by atoms with van der Waals surface area (Å²) in [6.07, 6.45) is 2.24. The molecule has 21 heavy (non-hydrogen) atoms. The minimum absolute atomic E-state index is 0.0132. The molecule has 1 rings (SSSR count). The Morgan fingerprint density at radius 1 is 1.38 bits per heavy atom. The zero-order valence-corrected chi connectivity index (χ0v) is 12.6. The van der Waals surface area contributed by atoms with E-state index in [0.717, 1.165) is 18.4 Å². The van der Waals surface area contributed by atoms with E-state index >= 15 is 0 Å². The molecule has 0 spiro atoms. The van der Waals surface area contributed by atoms with Crippen molar-refractivity contribution in [2.24, 2.45) is 0 Å². The zero-order chi connectivity index (χ0) is 15.7. The summed E-state index contributed by atoms with van der Waals surface area (Å²) in [5.41, 5.74) is 0.987. The van der Waals surface area contributed by atoms with Crippen molar-refractivity contribution < 1.29 is 9.72 Å². The molecule has 0 fully saturated rings. The molecule has 1 aromatic rings. The summed E-state index contributed by atoms with van der Waals surface area (Å²) < 4.78 is 0. The van der Waals surface area contributed by atoms with Gasteiger partial charge >= 0.3 is 0 Å². The summed E-state index contributed by atoms with van der Waals surface area (Å²) in [6.45, 7) is 5.13. The van der Waals surface area contributed by atoms with Gasteiger partial charge in [0.25, 0.3) is 5.69 Å². The van der Waals surface area contributed by atoms with Gasteiger partial charge in [0.05, 0.1) is 4.92 Å². The van der Waals surface area contributed by atoms with Gasteiger partial charge in [-0.1, -0.05) is 25.5 Å². The van der Waals surface area contributed by atoms with Crippen LogP contribution in [0.25, 0.3) is 0 Å². The van der Waals surface area contributed by atoms with Gasteiger partial charge in [-0.2, -0.15) is 0 Å². The Labute approximate surface area is 125 Å². The summed E-state index contributed by atoms with van der Waals surface area (Å²) in [5.74, 6) is 0.0132. The van der Waals surface area contributed by atoms with Gasteiger partial charge < -0.3 is 10.6 Å². The SMILES string of the molecule is CCCC(NCCC(=O)NCC)c1cccc([N+](=O)[O-])c1. The number of carbonyl (C=O) groups excluding carboxylic acids is 1. The number of hydrogen-bond acceptors (Lipinski definition) is 4. The molecule has 1 aromatic carbocycles. The van der Waals surface area contributed by atoms with E-state index in [-0.39, 0.29) is 22.6 Å². The first-order valence-corrected chi connectivity index (χ1v) is 7.32. The monoisotopic (exact) mass is 293 g/mol. The van der Waals surface area contributed by atoms with E-state index in [0.29, 0.717) is 19.5 Å². The molecule has 0 bridgehead atoms. The van der Waals surface area contributed by atoms with Crippen molar-refractivity contribution in [1.82, 2.24) is 10.6 Å². The first-order chi connectivity index (χ1) is 10.1. The predicted octanol–water partition coefficient (Wildman–Crippen LogP) is 2.55. The number of amides is 1. The third-order valence-corrected chi connectivity index (χ3v) is 3.18. The number of benzene rings is 1. The Hall–Kier alpha value is -1.95. The molecular formula is C15H23N3O3. The van der Waals surface area contributed by atoms with E-state index in [4.69, 9.17) is 0 Å². The van der Waals surface area contributed by atoms with Crippen LogP contribution in [0.3, 0.4) is 0 Å². The molecule has 0 aliphatic heterocycles. The predicted molar refractivity (Wildman–Crippen MR) is 82.0 cm³/mol. The maximum Gasteiger partial charge on any atom is 0.269 e. The third kappa shape index (κ3) is 5.91. The second-order valence-corrected chi connectivity index (χ2v) is 4.85. The van der Waals surface area contributed by atoms with Gasteiger partial charge in [-0.25, -0.2) is 0 Å². The maximum absolute atomic E-state index is 11.4. The van der Waals surface area contributed by atoms with Gasteiger partial charge in [0.15, 0.2) is 0 Å². The van der Waals surface area contributed by atoms with Gasteiger partial charge in [-0.05, 0) is 18.9 Å². The summed E-state index contributed by atoms with van der Waals surface area (Å²) in [4.78, 5) is 21.9. The fourth-order valence-electron chi connectivity index (χ4n) is 2.18. The Balaban J connectivity index is 2.66. The molecule has 0 aliphatic carbocycles. The van der Waals surface area contributed by atoms with Crippen LogP contribution in [0, 0.1) is 10.1 Å². The lowest BCUT2D eigenvalue weighted by molar-refractivity contribution is -0.384. The molecule has 0 saturated heterocycles. The quantitative estimate of drug-likeness (QED) is 0.541. The van der Waals surface area contributed by atoms with Gasteiger partial charge in [0.1, 0.15) is 0 Å². The number of carbonyl (C=O) groups is 1. The molecule has 0 aliphatic rings. The zero-order valence-electron chi connectivity index (χ0n) is 12.6. The average molecular weight is 293 g/mol. The van der Waals surface area contributed by atoms with Crippen molar-refractivity contribution in [2.75, 3.05) is 13.1 Å². The molecule has 116 valence electrons. The van der Waals surface area contributed by atoms with Crippen molar-refractivity contribution in [1.29, 1.82) is 0 Å². The van der Waals surface area contributed by atoms with Gasteiger partial charge in [-0.15, -0.1) is 0 Å². The smallest absolute Gasteiger partial charge is 0.269 e. The maximum atomic E-state index is 11.4. The molecule has 0 radical (unpaired) electrons. The Morgan fingerprint density at radius 2 is 2.14 bits per heavy atom. The van der Waals surface area contributed by atoms with Crippen LogP contribution in [0.2, 0.25) is 0 Å². The van der Waals surface area contributed by atoms with Crippen molar-refractivity contribution in [3.8, 4) is 0 Å². The third-order valence-electron chi connectivity index (χ3n) is 3.18. The van der Waals surface area contributed by atoms with Crippen molar-refractivity contribution in [3.05, 3.63) is 39.9 Å². The number of hydrogen-bond donors (Lipinski definition) is 2. The molecule has 0 saturated carbocycles. The normalized spacial score (nSPS) is 11.9. The first kappa shape index (κ1) is 17.1. The van der Waals surface area contributed by atoms with E-state index in [1.807, 2.05) is 13.0 Å². The minimum atomic E-state index is -0.388. The lowest BCUT2D eigenvalue weighted by Gasteiger charge is -2.18. The van der Waals surface area contributed by atoms with Crippen LogP contribution < -0.4 is 10.6 Å². The molecule has 6 heteroatoms. The molecule has 1 atom stereocenters. The van der Waals surface area contributed by atoms with E-state index in [1.54, 1.807) is 12.1 Å². The number of non-ortho nitro benzene ring substituents is 1. The summed E-state index contributed by atoms with van der Waals surface area (Å²) >= 11 is 0. The summed E-state index contributed by atoms with van der Waals surface area (Å²) in [6, 6.07) is 6.69. The number of nitrogens with zero attached hydrogens (tertiary/aromatic N) is 1. The van der Waals surface area contributed by atoms with Gasteiger partial charge in [-0.3, -0.25) is 14.9 Å². The Kier molecular flexibility index (Phi) is 7.39. The molecule has 0 aromatic heterocycles. The second kappa shape index (κ2) is 9.07. The number of rotatable bonds is 9. The highest BCUT2D eigenvalue weighted by atomic mass is 16.6. The highest BCUT2D eigenvalue weighted by Crippen LogP contribution is 2.22. The fourth-order valence-corrected chi connectivity index (χ4v) is 2.18. The summed E-state index contributed by atoms with van der Waals surface area (Å²) in [5, 5.41) is 16.9. The van der Waals surface area contributed by atoms with E-state index in [2.05, 4.69) is 17.6 Å². The van der Waals surface area contributed by atoms with Crippen LogP contribution in [0.15, 0.2) is 24.3 Å². The Morgan fingerprint density at radius 3 is 2.76 bits per heavy atom. The standard InChI is InChI=1S/C15H23N3O3/c1-3-6-14(17-10-9-15(19)16-4-2)12-7-5-8-13(11-12)18(20)21/h5,7-8,11,14,17H,3-4,6,9-10H2,1-2H3,(H,16,19). The van der Waals surface area contributed by atoms with Crippen molar-refractivity contribution >= 4 is 11.6 Å². The molecule has 6 nitrogen and oxygen atoms in total. The van der Waals surface area contributed by atoms with Crippen LogP contribution in [0.4, 0.5) is 5.69 Å². The molecular weight excluding hydrogens is 270 g/mol. The lowest BCUT2D eigenvalue weighted by Crippen LogP contribution is -2.29. The van der Waals surface area contributed by atoms with Gasteiger partial charge in [0, 0.05) is 37.7 Å². The van der Waals surface area contributed by atoms with E-state index in [9.17, 15) is 14.9 Å². The Bertz CT molecular complexity index is 477. The second-order valence-electron chi connectivity index (χ2n) is 4.85. The van der Waals surface area contributed by atoms with Crippen LogP contribution in [0.5, 0.6) is 0 Å². The first-order valence-electron chi connectivity index (χ1n) is 7.32. The number of nitro benzene ring substituents is 1. The van der Waals surface area contributed by atoms with Crippen LogP contribution in [0.1, 0.15) is 44.7 Å². The van der Waals surface area contributed by atoms with Crippen LogP contribution in [-0.4, -0.2) is 23.9 Å². The highest BCUT2D eigenvalue weighted by molar-refractivity contribution is 5.75. The molecule has 1 unspecified atom stereocenters. The number of nitrogens with one attached hydrogen (secondary N) is 2. The van der Waals surface area contributed by atoms with Crippen molar-refractivity contribution in [2.45, 2.75) is 39.2 Å². The number of nitro groups is 1. The van der Waals surface area contributed by atoms with Crippen LogP contribution >= 0.6 is 0 Å². The molecule has 1 amide bonds. The summed E-state index contributed by atoms with van der Waals surface area (Å²) in [7, 11) is 0. The highest BCUT2D eigenvalue weighted by Gasteiger charge is 2.14. The van der Waals surface area contributed by atoms with Crippen LogP contribution in [-0.2, 0) is 4.79 Å². The topological polar surface area (TPSA) is 84.3 Å². The fraction of sp³-hybridized carbons (Fsp3) is 0.533.